The Bertz CT molecular complexity index is 405. The highest BCUT2D eigenvalue weighted by Gasteiger charge is 2.23. The number of aryl methyl sites for hydroxylation is 1. The highest BCUT2D eigenvalue weighted by Crippen LogP contribution is 2.34. The molecule has 98 valence electrons. The fraction of sp³-hybridized carbons (Fsp3) is 0.533. The van der Waals surface area contributed by atoms with Gasteiger partial charge in [-0.2, -0.15) is 11.8 Å². The molecule has 18 heavy (non-hydrogen) atoms. The summed E-state index contributed by atoms with van der Waals surface area (Å²) in [7, 11) is 0. The summed E-state index contributed by atoms with van der Waals surface area (Å²) in [6.07, 6.45) is 6.06. The van der Waals surface area contributed by atoms with Gasteiger partial charge in [-0.05, 0) is 48.3 Å². The number of amides is 1. The molecule has 1 atom stereocenters. The van der Waals surface area contributed by atoms with Crippen molar-refractivity contribution in [3.05, 3.63) is 35.4 Å². The largest absolute Gasteiger partial charge is 0.356 e. The van der Waals surface area contributed by atoms with Gasteiger partial charge in [-0.3, -0.25) is 4.79 Å². The molecule has 0 aromatic heterocycles. The lowest BCUT2D eigenvalue weighted by molar-refractivity contribution is -0.121. The molecule has 3 heteroatoms. The van der Waals surface area contributed by atoms with Crippen LogP contribution < -0.4 is 5.32 Å². The fourth-order valence-corrected chi connectivity index (χ4v) is 3.03. The molecule has 0 spiro atoms. The second-order valence-corrected chi connectivity index (χ2v) is 5.82. The number of carbonyl (C=O) groups excluding carboxylic acids is 1. The van der Waals surface area contributed by atoms with Crippen LogP contribution in [0.25, 0.3) is 0 Å². The van der Waals surface area contributed by atoms with Crippen molar-refractivity contribution in [3.8, 4) is 0 Å². The number of benzene rings is 1. The van der Waals surface area contributed by atoms with E-state index >= 15 is 0 Å². The molecule has 1 aromatic carbocycles. The number of thioether (sulfide) groups is 1. The minimum Gasteiger partial charge on any atom is -0.356 e. The highest BCUT2D eigenvalue weighted by atomic mass is 32.2. The van der Waals surface area contributed by atoms with Gasteiger partial charge in [0, 0.05) is 13.0 Å². The van der Waals surface area contributed by atoms with E-state index in [-0.39, 0.29) is 5.91 Å². The molecule has 1 aromatic rings. The summed E-state index contributed by atoms with van der Waals surface area (Å²) in [6, 6.07) is 8.52. The Labute approximate surface area is 114 Å². The van der Waals surface area contributed by atoms with Gasteiger partial charge in [0.15, 0.2) is 0 Å². The van der Waals surface area contributed by atoms with Crippen LogP contribution in [-0.4, -0.2) is 24.5 Å². The molecule has 0 saturated heterocycles. The van der Waals surface area contributed by atoms with Gasteiger partial charge in [-0.1, -0.05) is 24.3 Å². The van der Waals surface area contributed by atoms with Gasteiger partial charge in [0.05, 0.1) is 0 Å². The van der Waals surface area contributed by atoms with Crippen LogP contribution >= 0.6 is 11.8 Å². The first-order valence-electron chi connectivity index (χ1n) is 6.64. The van der Waals surface area contributed by atoms with E-state index in [1.807, 2.05) is 11.8 Å². The molecule has 1 aliphatic rings. The number of carbonyl (C=O) groups is 1. The lowest BCUT2D eigenvalue weighted by Gasteiger charge is -2.11. The van der Waals surface area contributed by atoms with Gasteiger partial charge < -0.3 is 5.32 Å². The number of hydrogen-bond acceptors (Lipinski definition) is 2. The van der Waals surface area contributed by atoms with Crippen LogP contribution in [0.5, 0.6) is 0 Å². The molecule has 0 fully saturated rings. The molecule has 0 aliphatic heterocycles. The minimum absolute atomic E-state index is 0.206. The summed E-state index contributed by atoms with van der Waals surface area (Å²) in [6.45, 7) is 0.814. The van der Waals surface area contributed by atoms with Crippen molar-refractivity contribution in [3.63, 3.8) is 0 Å². The SMILES string of the molecule is CSCCCNC(=O)C[C@H]1CCc2ccccc21. The normalized spacial score (nSPS) is 17.5. The minimum atomic E-state index is 0.206. The fourth-order valence-electron chi connectivity index (χ4n) is 2.60. The summed E-state index contributed by atoms with van der Waals surface area (Å²) < 4.78 is 0. The van der Waals surface area contributed by atoms with Gasteiger partial charge in [-0.25, -0.2) is 0 Å². The smallest absolute Gasteiger partial charge is 0.220 e. The van der Waals surface area contributed by atoms with Crippen molar-refractivity contribution in [2.45, 2.75) is 31.6 Å². The number of nitrogens with one attached hydrogen (secondary N) is 1. The van der Waals surface area contributed by atoms with Gasteiger partial charge >= 0.3 is 0 Å². The molecule has 0 bridgehead atoms. The Kier molecular flexibility index (Phi) is 5.12. The number of rotatable bonds is 6. The maximum atomic E-state index is 11.9. The molecule has 2 nitrogen and oxygen atoms in total. The molecule has 0 unspecified atom stereocenters. The zero-order valence-corrected chi connectivity index (χ0v) is 11.8. The maximum Gasteiger partial charge on any atom is 0.220 e. The molecule has 0 saturated carbocycles. The standard InChI is InChI=1S/C15H21NOS/c1-18-10-4-9-16-15(17)11-13-8-7-12-5-2-3-6-14(12)13/h2-3,5-6,13H,4,7-11H2,1H3,(H,16,17)/t13-/m1/s1. The lowest BCUT2D eigenvalue weighted by Crippen LogP contribution is -2.26. The van der Waals surface area contributed by atoms with E-state index < -0.39 is 0 Å². The predicted molar refractivity (Wildman–Crippen MR) is 78.1 cm³/mol. The Balaban J connectivity index is 1.79. The van der Waals surface area contributed by atoms with Crippen molar-refractivity contribution in [2.24, 2.45) is 0 Å². The van der Waals surface area contributed by atoms with Crippen molar-refractivity contribution in [1.82, 2.24) is 5.32 Å². The third-order valence-electron chi connectivity index (χ3n) is 3.54. The van der Waals surface area contributed by atoms with Crippen molar-refractivity contribution in [1.29, 1.82) is 0 Å². The van der Waals surface area contributed by atoms with Crippen LogP contribution in [0.3, 0.4) is 0 Å². The Morgan fingerprint density at radius 1 is 1.44 bits per heavy atom. The average molecular weight is 263 g/mol. The predicted octanol–water partition coefficient (Wildman–Crippen LogP) is 2.98. The van der Waals surface area contributed by atoms with Gasteiger partial charge in [0.1, 0.15) is 0 Å². The van der Waals surface area contributed by atoms with Crippen LogP contribution in [0.4, 0.5) is 0 Å². The quantitative estimate of drug-likeness (QED) is 0.799. The Hall–Kier alpha value is -0.960. The van der Waals surface area contributed by atoms with Crippen LogP contribution in [0.15, 0.2) is 24.3 Å². The van der Waals surface area contributed by atoms with E-state index in [1.165, 1.54) is 11.1 Å². The second kappa shape index (κ2) is 6.83. The molecule has 1 N–H and O–H groups in total. The van der Waals surface area contributed by atoms with Crippen LogP contribution in [0.1, 0.15) is 36.3 Å². The summed E-state index contributed by atoms with van der Waals surface area (Å²) in [4.78, 5) is 11.9. The van der Waals surface area contributed by atoms with Crippen LogP contribution in [0, 0.1) is 0 Å². The Morgan fingerprint density at radius 2 is 2.28 bits per heavy atom. The summed E-state index contributed by atoms with van der Waals surface area (Å²) in [5, 5.41) is 3.02. The zero-order valence-electron chi connectivity index (χ0n) is 10.9. The van der Waals surface area contributed by atoms with E-state index in [2.05, 4.69) is 35.8 Å². The van der Waals surface area contributed by atoms with Crippen LogP contribution in [0.2, 0.25) is 0 Å². The highest BCUT2D eigenvalue weighted by molar-refractivity contribution is 7.98. The summed E-state index contributed by atoms with van der Waals surface area (Å²) in [5.41, 5.74) is 2.81. The molecule has 1 aliphatic carbocycles. The summed E-state index contributed by atoms with van der Waals surface area (Å²) >= 11 is 1.83. The van der Waals surface area contributed by atoms with Crippen molar-refractivity contribution < 1.29 is 4.79 Å². The van der Waals surface area contributed by atoms with E-state index in [4.69, 9.17) is 0 Å². The maximum absolute atomic E-state index is 11.9. The first-order valence-corrected chi connectivity index (χ1v) is 8.04. The number of hydrogen-bond donors (Lipinski definition) is 1. The van der Waals surface area contributed by atoms with Crippen LogP contribution in [-0.2, 0) is 11.2 Å². The monoisotopic (exact) mass is 263 g/mol. The average Bonchev–Trinajstić information content (AvgIpc) is 2.78. The van der Waals surface area contributed by atoms with E-state index in [0.717, 1.165) is 31.6 Å². The van der Waals surface area contributed by atoms with Gasteiger partial charge in [-0.15, -0.1) is 0 Å². The topological polar surface area (TPSA) is 29.1 Å². The molecule has 1 amide bonds. The zero-order chi connectivity index (χ0) is 12.8. The molecular weight excluding hydrogens is 242 g/mol. The summed E-state index contributed by atoms with van der Waals surface area (Å²) in [5.74, 6) is 1.76. The van der Waals surface area contributed by atoms with E-state index in [9.17, 15) is 4.79 Å². The van der Waals surface area contributed by atoms with E-state index in [1.54, 1.807) is 0 Å². The molecule has 0 heterocycles. The molecule has 2 rings (SSSR count). The van der Waals surface area contributed by atoms with Crippen molar-refractivity contribution >= 4 is 17.7 Å². The number of fused-ring (bicyclic) bond motifs is 1. The third-order valence-corrected chi connectivity index (χ3v) is 4.23. The third kappa shape index (κ3) is 3.52. The second-order valence-electron chi connectivity index (χ2n) is 4.83. The molecular formula is C15H21NOS. The Morgan fingerprint density at radius 3 is 3.11 bits per heavy atom. The van der Waals surface area contributed by atoms with Crippen molar-refractivity contribution in [2.75, 3.05) is 18.6 Å². The lowest BCUT2D eigenvalue weighted by atomic mass is 9.97. The van der Waals surface area contributed by atoms with E-state index in [0.29, 0.717) is 12.3 Å². The molecule has 0 radical (unpaired) electrons. The first-order chi connectivity index (χ1) is 8.81. The first kappa shape index (κ1) is 13.5. The van der Waals surface area contributed by atoms with Gasteiger partial charge in [0.25, 0.3) is 0 Å². The van der Waals surface area contributed by atoms with Gasteiger partial charge in [0.2, 0.25) is 5.91 Å².